The van der Waals surface area contributed by atoms with Gasteiger partial charge in [0.1, 0.15) is 18.4 Å². The maximum Gasteiger partial charge on any atom is 0.409 e. The number of amides is 2. The van der Waals surface area contributed by atoms with Crippen molar-refractivity contribution in [3.8, 4) is 0 Å². The Morgan fingerprint density at radius 3 is 2.29 bits per heavy atom. The molecule has 1 aromatic carbocycles. The molecule has 0 saturated carbocycles. The zero-order valence-electron chi connectivity index (χ0n) is 14.9. The van der Waals surface area contributed by atoms with Crippen LogP contribution < -0.4 is 10.6 Å². The van der Waals surface area contributed by atoms with Crippen molar-refractivity contribution in [2.75, 3.05) is 0 Å². The lowest BCUT2D eigenvalue weighted by Crippen LogP contribution is -2.49. The van der Waals surface area contributed by atoms with Crippen molar-refractivity contribution in [3.05, 3.63) is 35.9 Å². The first-order valence-corrected chi connectivity index (χ1v) is 8.27. The molecule has 0 aliphatic carbocycles. The summed E-state index contributed by atoms with van der Waals surface area (Å²) >= 11 is 0. The first kappa shape index (κ1) is 19.8. The van der Waals surface area contributed by atoms with Crippen molar-refractivity contribution >= 4 is 12.2 Å². The van der Waals surface area contributed by atoms with Crippen LogP contribution in [0, 0.1) is 0 Å². The number of rotatable bonds is 7. The number of ether oxygens (including phenoxy) is 2. The van der Waals surface area contributed by atoms with Crippen LogP contribution in [-0.2, 0) is 16.1 Å². The van der Waals surface area contributed by atoms with Crippen molar-refractivity contribution in [2.45, 2.75) is 65.3 Å². The van der Waals surface area contributed by atoms with Gasteiger partial charge in [-0.1, -0.05) is 43.7 Å². The molecule has 1 atom stereocenters. The van der Waals surface area contributed by atoms with E-state index in [0.717, 1.165) is 18.4 Å². The highest BCUT2D eigenvalue weighted by atomic mass is 16.6. The minimum Gasteiger partial charge on any atom is -0.445 e. The van der Waals surface area contributed by atoms with Gasteiger partial charge in [0.25, 0.3) is 0 Å². The van der Waals surface area contributed by atoms with Gasteiger partial charge in [-0.2, -0.15) is 0 Å². The first-order valence-electron chi connectivity index (χ1n) is 8.27. The van der Waals surface area contributed by atoms with E-state index in [1.165, 1.54) is 0 Å². The van der Waals surface area contributed by atoms with Gasteiger partial charge in [-0.05, 0) is 39.2 Å². The van der Waals surface area contributed by atoms with E-state index in [-0.39, 0.29) is 6.61 Å². The molecular weight excluding hydrogens is 308 g/mol. The van der Waals surface area contributed by atoms with Crippen LogP contribution in [0.2, 0.25) is 0 Å². The summed E-state index contributed by atoms with van der Waals surface area (Å²) in [7, 11) is 0. The first-order chi connectivity index (χ1) is 11.3. The molecule has 0 bridgehead atoms. The lowest BCUT2D eigenvalue weighted by atomic mass is 10.2. The molecule has 0 spiro atoms. The molecule has 0 heterocycles. The van der Waals surface area contributed by atoms with E-state index < -0.39 is 24.0 Å². The van der Waals surface area contributed by atoms with Gasteiger partial charge in [-0.25, -0.2) is 9.59 Å². The summed E-state index contributed by atoms with van der Waals surface area (Å²) in [4.78, 5) is 23.8. The molecule has 0 aromatic heterocycles. The number of unbranched alkanes of at least 4 members (excludes halogenated alkanes) is 1. The van der Waals surface area contributed by atoms with Gasteiger partial charge in [0, 0.05) is 0 Å². The van der Waals surface area contributed by atoms with Crippen LogP contribution in [0.3, 0.4) is 0 Å². The molecule has 1 rings (SSSR count). The second kappa shape index (κ2) is 9.80. The highest BCUT2D eigenvalue weighted by Gasteiger charge is 2.20. The molecule has 2 N–H and O–H groups in total. The Morgan fingerprint density at radius 2 is 1.71 bits per heavy atom. The van der Waals surface area contributed by atoms with Crippen molar-refractivity contribution in [1.82, 2.24) is 10.6 Å². The van der Waals surface area contributed by atoms with Crippen molar-refractivity contribution < 1.29 is 19.1 Å². The third-order valence-electron chi connectivity index (χ3n) is 3.04. The number of carbonyl (C=O) groups excluding carboxylic acids is 2. The van der Waals surface area contributed by atoms with Crippen LogP contribution in [0.15, 0.2) is 30.3 Å². The number of carbonyl (C=O) groups is 2. The molecule has 0 aliphatic rings. The lowest BCUT2D eigenvalue weighted by molar-refractivity contribution is 0.0488. The minimum absolute atomic E-state index is 0.180. The van der Waals surface area contributed by atoms with Crippen molar-refractivity contribution in [1.29, 1.82) is 0 Å². The molecule has 1 unspecified atom stereocenters. The average molecular weight is 336 g/mol. The number of hydrogen-bond acceptors (Lipinski definition) is 4. The van der Waals surface area contributed by atoms with Crippen LogP contribution in [-0.4, -0.2) is 24.0 Å². The van der Waals surface area contributed by atoms with Gasteiger partial charge in [0.05, 0.1) is 0 Å². The van der Waals surface area contributed by atoms with Crippen LogP contribution in [0.25, 0.3) is 0 Å². The van der Waals surface area contributed by atoms with Gasteiger partial charge in [0.15, 0.2) is 0 Å². The molecule has 6 heteroatoms. The van der Waals surface area contributed by atoms with Crippen LogP contribution in [0.4, 0.5) is 9.59 Å². The Bertz CT molecular complexity index is 512. The highest BCUT2D eigenvalue weighted by Crippen LogP contribution is 2.08. The van der Waals surface area contributed by atoms with E-state index in [0.29, 0.717) is 6.42 Å². The third-order valence-corrected chi connectivity index (χ3v) is 3.04. The lowest BCUT2D eigenvalue weighted by Gasteiger charge is -2.24. The van der Waals surface area contributed by atoms with Crippen LogP contribution >= 0.6 is 0 Å². The van der Waals surface area contributed by atoms with E-state index in [1.807, 2.05) is 37.3 Å². The highest BCUT2D eigenvalue weighted by molar-refractivity contribution is 5.71. The summed E-state index contributed by atoms with van der Waals surface area (Å²) in [5.74, 6) is 0. The molecule has 1 aromatic rings. The number of alkyl carbamates (subject to hydrolysis) is 2. The Morgan fingerprint density at radius 1 is 1.08 bits per heavy atom. The van der Waals surface area contributed by atoms with Gasteiger partial charge < -0.3 is 20.1 Å². The average Bonchev–Trinajstić information content (AvgIpc) is 2.49. The predicted octanol–water partition coefficient (Wildman–Crippen LogP) is 3.95. The summed E-state index contributed by atoms with van der Waals surface area (Å²) in [6.45, 7) is 7.58. The molecule has 0 saturated heterocycles. The Kier molecular flexibility index (Phi) is 8.09. The van der Waals surface area contributed by atoms with Crippen molar-refractivity contribution in [2.24, 2.45) is 0 Å². The van der Waals surface area contributed by atoms with Gasteiger partial charge >= 0.3 is 12.2 Å². The molecule has 134 valence electrons. The normalized spacial score (nSPS) is 12.2. The minimum atomic E-state index is -0.590. The molecular formula is C18H28N2O4. The summed E-state index contributed by atoms with van der Waals surface area (Å²) in [5.41, 5.74) is 0.311. The summed E-state index contributed by atoms with van der Waals surface area (Å²) in [6.07, 6.45) is 0.758. The summed E-state index contributed by atoms with van der Waals surface area (Å²) < 4.78 is 10.4. The second-order valence-corrected chi connectivity index (χ2v) is 6.55. The SMILES string of the molecule is CCCCC(NC(=O)OCc1ccccc1)NC(=O)OC(C)(C)C. The molecule has 0 aliphatic heterocycles. The molecule has 0 fully saturated rings. The van der Waals surface area contributed by atoms with E-state index in [2.05, 4.69) is 10.6 Å². The number of benzene rings is 1. The topological polar surface area (TPSA) is 76.7 Å². The standard InChI is InChI=1S/C18H28N2O4/c1-5-6-12-15(20-17(22)24-18(2,3)4)19-16(21)23-13-14-10-8-7-9-11-14/h7-11,15H,5-6,12-13H2,1-4H3,(H,19,21)(H,20,22). The molecule has 6 nitrogen and oxygen atoms in total. The third kappa shape index (κ3) is 9.02. The maximum atomic E-state index is 11.9. The van der Waals surface area contributed by atoms with Crippen molar-refractivity contribution in [3.63, 3.8) is 0 Å². The Labute approximate surface area is 143 Å². The van der Waals surface area contributed by atoms with Gasteiger partial charge in [-0.15, -0.1) is 0 Å². The molecule has 0 radical (unpaired) electrons. The fourth-order valence-corrected chi connectivity index (χ4v) is 1.95. The predicted molar refractivity (Wildman–Crippen MR) is 92.4 cm³/mol. The van der Waals surface area contributed by atoms with E-state index in [1.54, 1.807) is 20.8 Å². The number of hydrogen-bond donors (Lipinski definition) is 2. The van der Waals surface area contributed by atoms with E-state index in [4.69, 9.17) is 9.47 Å². The fourth-order valence-electron chi connectivity index (χ4n) is 1.95. The van der Waals surface area contributed by atoms with Gasteiger partial charge in [0.2, 0.25) is 0 Å². The fraction of sp³-hybridized carbons (Fsp3) is 0.556. The van der Waals surface area contributed by atoms with E-state index >= 15 is 0 Å². The Balaban J connectivity index is 2.48. The molecule has 2 amide bonds. The zero-order valence-corrected chi connectivity index (χ0v) is 14.9. The maximum absolute atomic E-state index is 11.9. The van der Waals surface area contributed by atoms with E-state index in [9.17, 15) is 9.59 Å². The molecule has 24 heavy (non-hydrogen) atoms. The monoisotopic (exact) mass is 336 g/mol. The zero-order chi connectivity index (χ0) is 18.0. The van der Waals surface area contributed by atoms with Gasteiger partial charge in [-0.3, -0.25) is 0 Å². The summed E-state index contributed by atoms with van der Waals surface area (Å²) in [6, 6.07) is 9.41. The van der Waals surface area contributed by atoms with Crippen LogP contribution in [0.5, 0.6) is 0 Å². The smallest absolute Gasteiger partial charge is 0.409 e. The number of nitrogens with one attached hydrogen (secondary N) is 2. The second-order valence-electron chi connectivity index (χ2n) is 6.55. The van der Waals surface area contributed by atoms with Crippen LogP contribution in [0.1, 0.15) is 52.5 Å². The quantitative estimate of drug-likeness (QED) is 0.739. The largest absolute Gasteiger partial charge is 0.445 e. The Hall–Kier alpha value is -2.24. The summed E-state index contributed by atoms with van der Waals surface area (Å²) in [5, 5.41) is 5.33.